The number of benzene rings is 2. The molecule has 11 nitrogen and oxygen atoms in total. The molecule has 0 saturated carbocycles. The molecule has 0 bridgehead atoms. The lowest BCUT2D eigenvalue weighted by atomic mass is 10.1. The van der Waals surface area contributed by atoms with Gasteiger partial charge >= 0.3 is 6.03 Å². The van der Waals surface area contributed by atoms with E-state index in [-0.39, 0.29) is 39.2 Å². The molecule has 1 saturated heterocycles. The first-order valence-corrected chi connectivity index (χ1v) is 15.1. The topological polar surface area (TPSA) is 176 Å². The van der Waals surface area contributed by atoms with Crippen molar-refractivity contribution in [3.8, 4) is 28.6 Å². The Balaban J connectivity index is 0.000000251. The van der Waals surface area contributed by atoms with Gasteiger partial charge in [0.15, 0.2) is 24.2 Å². The van der Waals surface area contributed by atoms with Crippen molar-refractivity contribution in [1.82, 2.24) is 18.8 Å². The zero-order valence-electron chi connectivity index (χ0n) is 25.5. The normalized spacial score (nSPS) is 12.8. The zero-order chi connectivity index (χ0) is 37.2. The molecule has 4 aromatic rings. The number of halogens is 7. The second-order valence-corrected chi connectivity index (χ2v) is 11.8. The van der Waals surface area contributed by atoms with E-state index in [9.17, 15) is 28.0 Å². The highest BCUT2D eigenvalue weighted by atomic mass is 35.5. The van der Waals surface area contributed by atoms with E-state index < -0.39 is 29.1 Å². The molecule has 3 heterocycles. The van der Waals surface area contributed by atoms with Crippen molar-refractivity contribution < 1.29 is 28.0 Å². The molecule has 2 aromatic heterocycles. The number of nitrogen functional groups attached to an aromatic ring is 2. The van der Waals surface area contributed by atoms with Crippen molar-refractivity contribution >= 4 is 94.2 Å². The molecular formula is C31H24Cl5F2N7O4. The smallest absolute Gasteiger partial charge is 0.357 e. The third kappa shape index (κ3) is 9.75. The van der Waals surface area contributed by atoms with Crippen LogP contribution in [-0.4, -0.2) is 48.9 Å². The molecule has 2 aromatic carbocycles. The molecule has 0 spiro atoms. The van der Waals surface area contributed by atoms with E-state index in [1.54, 1.807) is 54.6 Å². The number of pyridine rings is 2. The van der Waals surface area contributed by atoms with Gasteiger partial charge in [0.05, 0.1) is 22.5 Å². The van der Waals surface area contributed by atoms with Gasteiger partial charge in [-0.05, 0) is 44.2 Å². The monoisotopic (exact) mass is 771 g/mol. The molecular weight excluding hydrogens is 750 g/mol. The van der Waals surface area contributed by atoms with E-state index in [4.69, 9.17) is 75.1 Å². The summed E-state index contributed by atoms with van der Waals surface area (Å²) < 4.78 is 29.0. The first-order chi connectivity index (χ1) is 23.0. The van der Waals surface area contributed by atoms with Gasteiger partial charge in [-0.3, -0.25) is 14.4 Å². The van der Waals surface area contributed by atoms with Gasteiger partial charge in [-0.25, -0.2) is 28.0 Å². The molecule has 1 aliphatic rings. The van der Waals surface area contributed by atoms with E-state index in [2.05, 4.69) is 9.97 Å². The van der Waals surface area contributed by atoms with Crippen molar-refractivity contribution in [1.29, 1.82) is 5.26 Å². The van der Waals surface area contributed by atoms with Crippen molar-refractivity contribution in [2.24, 2.45) is 0 Å². The lowest BCUT2D eigenvalue weighted by Gasteiger charge is -2.18. The summed E-state index contributed by atoms with van der Waals surface area (Å²) in [5.74, 6) is -1.91. The highest BCUT2D eigenvalue weighted by Gasteiger charge is 2.51. The number of carbonyl (C=O) groups is 4. The summed E-state index contributed by atoms with van der Waals surface area (Å²) in [4.78, 5) is 51.2. The van der Waals surface area contributed by atoms with Crippen LogP contribution >= 0.6 is 58.4 Å². The summed E-state index contributed by atoms with van der Waals surface area (Å²) in [6.45, 7) is 4.46. The van der Waals surface area contributed by atoms with Gasteiger partial charge in [0, 0.05) is 51.6 Å². The minimum atomic E-state index is -1.04. The minimum Gasteiger partial charge on any atom is -0.396 e. The number of carbonyl (C=O) groups excluding carboxylic acids is 4. The lowest BCUT2D eigenvalue weighted by Crippen LogP contribution is -2.38. The second-order valence-electron chi connectivity index (χ2n) is 9.87. The van der Waals surface area contributed by atoms with Gasteiger partial charge in [-0.15, -0.1) is 0 Å². The Morgan fingerprint density at radius 3 is 1.63 bits per heavy atom. The number of nitrogens with zero attached hydrogens (tertiary/aromatic N) is 5. The Labute approximate surface area is 304 Å². The molecule has 0 atom stereocenters. The fraction of sp³-hybridized carbons (Fsp3) is 0.129. The fourth-order valence-electron chi connectivity index (χ4n) is 3.61. The second kappa shape index (κ2) is 17.7. The molecule has 256 valence electrons. The molecule has 1 aliphatic heterocycles. The van der Waals surface area contributed by atoms with E-state index in [0.717, 1.165) is 4.42 Å². The average molecular weight is 774 g/mol. The number of hydrogen-bond donors (Lipinski definition) is 2. The predicted octanol–water partition coefficient (Wildman–Crippen LogP) is 8.39. The SMILES string of the molecule is CC#N.CC1(C)C(=O)N(Cl)C(=O)N1Cl.Nc1c(F)c(-c2ccc(Cl)cc2)nc(C=O)c1Cl.Nc1cc(C=O)nc(-c2ccc(Cl)cc2)c1F. The molecule has 18 heteroatoms. The molecule has 0 aliphatic carbocycles. The Kier molecular flexibility index (Phi) is 14.7. The highest BCUT2D eigenvalue weighted by molar-refractivity contribution is 6.39. The summed E-state index contributed by atoms with van der Waals surface area (Å²) in [5, 5.41) is 8.19. The third-order valence-corrected chi connectivity index (χ3v) is 7.91. The number of nitriles is 1. The Morgan fingerprint density at radius 1 is 0.837 bits per heavy atom. The lowest BCUT2D eigenvalue weighted by molar-refractivity contribution is -0.127. The zero-order valence-corrected chi connectivity index (χ0v) is 29.3. The van der Waals surface area contributed by atoms with Crippen LogP contribution in [0.2, 0.25) is 15.1 Å². The standard InChI is InChI=1S/C12H7Cl2FN2O.C12H8ClFN2O.C5H6Cl2N2O2.C2H3N/c13-7-3-1-6(2-4-7)12-10(15)11(16)9(14)8(5-18)17-12;13-8-3-1-7(2-4-8)12-11(14)10(15)5-9(6-17)16-12;1-5(2)3(10)8(6)4(11)9(5)7;1-2-3/h1-5H,(H2,16,17);1-6H,(H2,15,16);1-2H3;1H3. The number of imide groups is 1. The van der Waals surface area contributed by atoms with Crippen molar-refractivity contribution in [2.75, 3.05) is 11.5 Å². The first-order valence-electron chi connectivity index (χ1n) is 13.3. The molecule has 4 N–H and O–H groups in total. The van der Waals surface area contributed by atoms with Gasteiger partial charge in [0.2, 0.25) is 0 Å². The molecule has 0 unspecified atom stereocenters. The van der Waals surface area contributed by atoms with Crippen LogP contribution in [0.1, 0.15) is 41.7 Å². The van der Waals surface area contributed by atoms with Gasteiger partial charge in [0.1, 0.15) is 28.3 Å². The van der Waals surface area contributed by atoms with Crippen LogP contribution in [0.4, 0.5) is 25.0 Å². The maximum atomic E-state index is 13.9. The maximum Gasteiger partial charge on any atom is 0.357 e. The first kappa shape index (κ1) is 40.6. The number of rotatable bonds is 4. The number of urea groups is 1. The van der Waals surface area contributed by atoms with Crippen LogP contribution in [-0.2, 0) is 4.79 Å². The van der Waals surface area contributed by atoms with E-state index >= 15 is 0 Å². The highest BCUT2D eigenvalue weighted by Crippen LogP contribution is 2.32. The summed E-state index contributed by atoms with van der Waals surface area (Å²) in [5.41, 5.74) is 10.5. The number of aldehydes is 2. The number of amides is 3. The number of anilines is 2. The quantitative estimate of drug-likeness (QED) is 0.117. The fourth-order valence-corrected chi connectivity index (χ4v) is 4.50. The van der Waals surface area contributed by atoms with E-state index in [1.165, 1.54) is 26.8 Å². The van der Waals surface area contributed by atoms with Crippen LogP contribution in [0.25, 0.3) is 22.5 Å². The summed E-state index contributed by atoms with van der Waals surface area (Å²) >= 11 is 28.0. The van der Waals surface area contributed by atoms with Crippen LogP contribution < -0.4 is 11.5 Å². The molecule has 5 rings (SSSR count). The molecule has 1 fully saturated rings. The van der Waals surface area contributed by atoms with Crippen molar-refractivity contribution in [3.63, 3.8) is 0 Å². The summed E-state index contributed by atoms with van der Waals surface area (Å²) in [6, 6.07) is 15.0. The number of nitrogens with two attached hydrogens (primary N) is 2. The van der Waals surface area contributed by atoms with Crippen LogP contribution in [0, 0.1) is 23.0 Å². The number of aromatic nitrogens is 2. The Bertz CT molecular complexity index is 1910. The van der Waals surface area contributed by atoms with E-state index in [1.807, 2.05) is 0 Å². The van der Waals surface area contributed by atoms with Gasteiger partial charge in [0.25, 0.3) is 5.91 Å². The van der Waals surface area contributed by atoms with Crippen molar-refractivity contribution in [2.45, 2.75) is 26.3 Å². The van der Waals surface area contributed by atoms with Gasteiger partial charge in [-0.1, -0.05) is 59.1 Å². The average Bonchev–Trinajstić information content (AvgIpc) is 3.21. The summed E-state index contributed by atoms with van der Waals surface area (Å²) in [6.07, 6.45) is 0.951. The largest absolute Gasteiger partial charge is 0.396 e. The van der Waals surface area contributed by atoms with Gasteiger partial charge < -0.3 is 11.5 Å². The number of hydrogen-bond acceptors (Lipinski definition) is 9. The van der Waals surface area contributed by atoms with Crippen molar-refractivity contribution in [3.05, 3.63) is 92.7 Å². The van der Waals surface area contributed by atoms with Gasteiger partial charge in [-0.2, -0.15) is 9.68 Å². The van der Waals surface area contributed by atoms with Crippen LogP contribution in [0.15, 0.2) is 54.6 Å². The predicted molar refractivity (Wildman–Crippen MR) is 185 cm³/mol. The van der Waals surface area contributed by atoms with Crippen LogP contribution in [0.3, 0.4) is 0 Å². The maximum absolute atomic E-state index is 13.9. The van der Waals surface area contributed by atoms with E-state index in [0.29, 0.717) is 38.2 Å². The Morgan fingerprint density at radius 2 is 1.29 bits per heavy atom. The third-order valence-electron chi connectivity index (χ3n) is 6.14. The molecule has 0 radical (unpaired) electrons. The van der Waals surface area contributed by atoms with Crippen LogP contribution in [0.5, 0.6) is 0 Å². The molecule has 3 amide bonds. The Hall–Kier alpha value is -4.58. The minimum absolute atomic E-state index is 0.0318. The molecule has 49 heavy (non-hydrogen) atoms. The summed E-state index contributed by atoms with van der Waals surface area (Å²) in [7, 11) is 0.